The van der Waals surface area contributed by atoms with Crippen LogP contribution in [0.15, 0.2) is 0 Å². The van der Waals surface area contributed by atoms with Gasteiger partial charge in [-0.3, -0.25) is 9.59 Å². The molecule has 2 heterocycles. The van der Waals surface area contributed by atoms with Crippen molar-refractivity contribution < 1.29 is 9.59 Å². The normalized spacial score (nSPS) is 19.1. The average molecular weight is 294 g/mol. The van der Waals surface area contributed by atoms with Crippen LogP contribution in [0.25, 0.3) is 0 Å². The van der Waals surface area contributed by atoms with E-state index >= 15 is 0 Å². The highest BCUT2D eigenvalue weighted by atomic mass is 16.2. The molecule has 0 bridgehead atoms. The molecule has 0 radical (unpaired) electrons. The molecule has 1 atom stereocenters. The van der Waals surface area contributed by atoms with Gasteiger partial charge in [-0.2, -0.15) is 5.21 Å². The first kappa shape index (κ1) is 15.4. The largest absolute Gasteiger partial charge is 0.355 e. The van der Waals surface area contributed by atoms with Crippen molar-refractivity contribution in [3.8, 4) is 0 Å². The highest BCUT2D eigenvalue weighted by Crippen LogP contribution is 2.18. The zero-order valence-corrected chi connectivity index (χ0v) is 12.5. The van der Waals surface area contributed by atoms with Crippen molar-refractivity contribution in [3.63, 3.8) is 0 Å². The molecule has 0 saturated carbocycles. The van der Waals surface area contributed by atoms with Crippen molar-refractivity contribution >= 4 is 11.8 Å². The second-order valence-electron chi connectivity index (χ2n) is 5.80. The van der Waals surface area contributed by atoms with Crippen molar-refractivity contribution in [2.24, 2.45) is 11.8 Å². The van der Waals surface area contributed by atoms with Gasteiger partial charge in [0.25, 0.3) is 0 Å². The standard InChI is InChI=1S/C13H22N6O2/c1-9(2)7-19-8-10(3-4-12(19)20)13(21)14-6-5-11-15-17-18-16-11/h9-10H,3-8H2,1-2H3,(H,14,21)(H,15,16,17,18)/t10-/m1/s1. The Balaban J connectivity index is 1.77. The summed E-state index contributed by atoms with van der Waals surface area (Å²) in [6.07, 6.45) is 1.63. The number of hydrogen-bond acceptors (Lipinski definition) is 5. The van der Waals surface area contributed by atoms with Gasteiger partial charge in [0.05, 0.1) is 5.92 Å². The van der Waals surface area contributed by atoms with Gasteiger partial charge in [0.2, 0.25) is 11.8 Å². The summed E-state index contributed by atoms with van der Waals surface area (Å²) in [7, 11) is 0. The maximum absolute atomic E-state index is 12.2. The number of hydrogen-bond donors (Lipinski definition) is 2. The van der Waals surface area contributed by atoms with Gasteiger partial charge in [0.15, 0.2) is 5.82 Å². The number of aromatic nitrogens is 4. The van der Waals surface area contributed by atoms with Gasteiger partial charge in [-0.1, -0.05) is 19.1 Å². The first-order chi connectivity index (χ1) is 10.1. The molecular formula is C13H22N6O2. The van der Waals surface area contributed by atoms with E-state index in [-0.39, 0.29) is 17.7 Å². The number of aromatic amines is 1. The molecular weight excluding hydrogens is 272 g/mol. The predicted molar refractivity (Wildman–Crippen MR) is 75.0 cm³/mol. The second kappa shape index (κ2) is 7.14. The summed E-state index contributed by atoms with van der Waals surface area (Å²) >= 11 is 0. The van der Waals surface area contributed by atoms with Gasteiger partial charge in [-0.05, 0) is 12.3 Å². The van der Waals surface area contributed by atoms with Crippen LogP contribution in [0.4, 0.5) is 0 Å². The summed E-state index contributed by atoms with van der Waals surface area (Å²) in [5.41, 5.74) is 0. The predicted octanol–water partition coefficient (Wildman–Crippen LogP) is -0.247. The number of piperidine rings is 1. The zero-order valence-electron chi connectivity index (χ0n) is 12.5. The molecule has 116 valence electrons. The third-order valence-corrected chi connectivity index (χ3v) is 3.49. The lowest BCUT2D eigenvalue weighted by molar-refractivity contribution is -0.138. The Hall–Kier alpha value is -1.99. The molecule has 1 fully saturated rings. The number of rotatable bonds is 6. The first-order valence-corrected chi connectivity index (χ1v) is 7.34. The van der Waals surface area contributed by atoms with Crippen LogP contribution in [0.3, 0.4) is 0 Å². The van der Waals surface area contributed by atoms with Crippen molar-refractivity contribution in [2.75, 3.05) is 19.6 Å². The molecule has 2 amide bonds. The summed E-state index contributed by atoms with van der Waals surface area (Å²) < 4.78 is 0. The van der Waals surface area contributed by atoms with E-state index in [1.807, 2.05) is 0 Å². The highest BCUT2D eigenvalue weighted by molar-refractivity contribution is 5.83. The average Bonchev–Trinajstić information content (AvgIpc) is 2.94. The summed E-state index contributed by atoms with van der Waals surface area (Å²) in [6, 6.07) is 0. The number of nitrogens with one attached hydrogen (secondary N) is 2. The minimum absolute atomic E-state index is 0.000231. The van der Waals surface area contributed by atoms with Gasteiger partial charge < -0.3 is 10.2 Å². The molecule has 1 aromatic heterocycles. The van der Waals surface area contributed by atoms with Crippen LogP contribution >= 0.6 is 0 Å². The number of carbonyl (C=O) groups excluding carboxylic acids is 2. The molecule has 2 N–H and O–H groups in total. The van der Waals surface area contributed by atoms with E-state index in [9.17, 15) is 9.59 Å². The van der Waals surface area contributed by atoms with Crippen LogP contribution in [0.1, 0.15) is 32.5 Å². The van der Waals surface area contributed by atoms with Crippen molar-refractivity contribution in [1.82, 2.24) is 30.8 Å². The maximum atomic E-state index is 12.2. The lowest BCUT2D eigenvalue weighted by Crippen LogP contribution is -2.47. The van der Waals surface area contributed by atoms with Gasteiger partial charge in [-0.15, -0.1) is 10.2 Å². The van der Waals surface area contributed by atoms with Crippen LogP contribution in [-0.2, 0) is 16.0 Å². The quantitative estimate of drug-likeness (QED) is 0.753. The minimum atomic E-state index is -0.119. The van der Waals surface area contributed by atoms with E-state index in [1.165, 1.54) is 0 Å². The zero-order chi connectivity index (χ0) is 15.2. The Kier molecular flexibility index (Phi) is 5.24. The Morgan fingerprint density at radius 2 is 2.33 bits per heavy atom. The Morgan fingerprint density at radius 1 is 1.52 bits per heavy atom. The topological polar surface area (TPSA) is 104 Å². The molecule has 2 rings (SSSR count). The smallest absolute Gasteiger partial charge is 0.224 e. The SMILES string of the molecule is CC(C)CN1C[C@H](C(=O)NCCc2nn[nH]n2)CCC1=O. The number of carbonyl (C=O) groups is 2. The highest BCUT2D eigenvalue weighted by Gasteiger charge is 2.30. The summed E-state index contributed by atoms with van der Waals surface area (Å²) in [4.78, 5) is 25.8. The summed E-state index contributed by atoms with van der Waals surface area (Å²) in [6.45, 7) is 5.85. The van der Waals surface area contributed by atoms with Crippen molar-refractivity contribution in [2.45, 2.75) is 33.1 Å². The number of nitrogens with zero attached hydrogens (tertiary/aromatic N) is 4. The van der Waals surface area contributed by atoms with Crippen LogP contribution in [0.5, 0.6) is 0 Å². The van der Waals surface area contributed by atoms with Crippen LogP contribution in [0.2, 0.25) is 0 Å². The van der Waals surface area contributed by atoms with Crippen molar-refractivity contribution in [3.05, 3.63) is 5.82 Å². The van der Waals surface area contributed by atoms with E-state index in [4.69, 9.17) is 0 Å². The Bertz CT molecular complexity index is 473. The molecule has 0 aliphatic carbocycles. The van der Waals surface area contributed by atoms with Gasteiger partial charge in [-0.25, -0.2) is 0 Å². The number of H-pyrrole nitrogens is 1. The molecule has 21 heavy (non-hydrogen) atoms. The fourth-order valence-corrected chi connectivity index (χ4v) is 2.48. The van der Waals surface area contributed by atoms with E-state index < -0.39 is 0 Å². The molecule has 8 nitrogen and oxygen atoms in total. The lowest BCUT2D eigenvalue weighted by Gasteiger charge is -2.33. The van der Waals surface area contributed by atoms with Gasteiger partial charge in [0.1, 0.15) is 0 Å². The minimum Gasteiger partial charge on any atom is -0.355 e. The molecule has 1 aliphatic rings. The van der Waals surface area contributed by atoms with E-state index in [0.717, 1.165) is 0 Å². The molecule has 8 heteroatoms. The number of likely N-dealkylation sites (tertiary alicyclic amines) is 1. The van der Waals surface area contributed by atoms with E-state index in [2.05, 4.69) is 39.8 Å². The fourth-order valence-electron chi connectivity index (χ4n) is 2.48. The van der Waals surface area contributed by atoms with Gasteiger partial charge >= 0.3 is 0 Å². The monoisotopic (exact) mass is 294 g/mol. The van der Waals surface area contributed by atoms with Crippen molar-refractivity contribution in [1.29, 1.82) is 0 Å². The third-order valence-electron chi connectivity index (χ3n) is 3.49. The Labute approximate surface area is 123 Å². The fraction of sp³-hybridized carbons (Fsp3) is 0.769. The third kappa shape index (κ3) is 4.51. The number of amides is 2. The van der Waals surface area contributed by atoms with E-state index in [1.54, 1.807) is 4.90 Å². The molecule has 0 unspecified atom stereocenters. The van der Waals surface area contributed by atoms with Crippen LogP contribution in [-0.4, -0.2) is 57.0 Å². The molecule has 0 spiro atoms. The summed E-state index contributed by atoms with van der Waals surface area (Å²) in [5.74, 6) is 1.02. The molecule has 1 saturated heterocycles. The van der Waals surface area contributed by atoms with Gasteiger partial charge in [0, 0.05) is 32.5 Å². The molecule has 0 aromatic carbocycles. The van der Waals surface area contributed by atoms with E-state index in [0.29, 0.717) is 50.6 Å². The maximum Gasteiger partial charge on any atom is 0.224 e. The van der Waals surface area contributed by atoms with Crippen LogP contribution in [0, 0.1) is 11.8 Å². The van der Waals surface area contributed by atoms with Crippen LogP contribution < -0.4 is 5.32 Å². The first-order valence-electron chi connectivity index (χ1n) is 7.34. The lowest BCUT2D eigenvalue weighted by atomic mass is 9.96. The molecule has 1 aromatic rings. The summed E-state index contributed by atoms with van der Waals surface area (Å²) in [5, 5.41) is 16.4. The molecule has 1 aliphatic heterocycles. The Morgan fingerprint density at radius 3 is 3.00 bits per heavy atom. The number of tetrazole rings is 1. The second-order valence-corrected chi connectivity index (χ2v) is 5.80.